The number of nitrogens with one attached hydrogen (secondary N) is 1. The molecule has 2 rings (SSSR count). The number of likely N-dealkylation sites (N-methyl/N-ethyl adjacent to an activating group) is 1. The quantitative estimate of drug-likeness (QED) is 0.674. The van der Waals surface area contributed by atoms with E-state index >= 15 is 0 Å². The first-order chi connectivity index (χ1) is 9.63. The Morgan fingerprint density at radius 3 is 2.90 bits per heavy atom. The van der Waals surface area contributed by atoms with E-state index in [1.165, 1.54) is 5.56 Å². The van der Waals surface area contributed by atoms with Crippen LogP contribution in [0.5, 0.6) is 0 Å². The summed E-state index contributed by atoms with van der Waals surface area (Å²) in [5.41, 5.74) is 13.8. The van der Waals surface area contributed by atoms with E-state index in [0.717, 1.165) is 24.9 Å². The number of benzene rings is 1. The van der Waals surface area contributed by atoms with Gasteiger partial charge in [0.05, 0.1) is 6.04 Å². The number of rotatable bonds is 6. The van der Waals surface area contributed by atoms with Crippen LogP contribution in [0.4, 0.5) is 5.69 Å². The van der Waals surface area contributed by atoms with E-state index in [1.807, 2.05) is 25.2 Å². The first kappa shape index (κ1) is 14.8. The van der Waals surface area contributed by atoms with Crippen molar-refractivity contribution in [1.29, 1.82) is 0 Å². The minimum atomic E-state index is -0.433. The van der Waals surface area contributed by atoms with Crippen molar-refractivity contribution in [2.45, 2.75) is 37.9 Å². The maximum absolute atomic E-state index is 12.3. The van der Waals surface area contributed by atoms with Crippen LogP contribution in [0.1, 0.15) is 24.8 Å². The summed E-state index contributed by atoms with van der Waals surface area (Å²) in [5, 5.41) is 3.37. The molecule has 20 heavy (non-hydrogen) atoms. The lowest BCUT2D eigenvalue weighted by Gasteiger charge is -2.27. The molecule has 0 spiro atoms. The van der Waals surface area contributed by atoms with Crippen molar-refractivity contribution in [1.82, 2.24) is 4.90 Å². The smallest absolute Gasteiger partial charge is 0.240 e. The van der Waals surface area contributed by atoms with E-state index in [1.54, 1.807) is 4.90 Å². The molecule has 1 aliphatic rings. The van der Waals surface area contributed by atoms with Gasteiger partial charge >= 0.3 is 0 Å². The topological polar surface area (TPSA) is 84.4 Å². The van der Waals surface area contributed by atoms with Crippen LogP contribution in [0.3, 0.4) is 0 Å². The largest absolute Gasteiger partial charge is 0.365 e. The zero-order valence-corrected chi connectivity index (χ0v) is 12.0. The van der Waals surface area contributed by atoms with Gasteiger partial charge in [0.1, 0.15) is 6.17 Å². The molecule has 5 N–H and O–H groups in total. The summed E-state index contributed by atoms with van der Waals surface area (Å²) < 4.78 is 0. The maximum atomic E-state index is 12.3. The number of carbonyl (C=O) groups is 1. The lowest BCUT2D eigenvalue weighted by molar-refractivity contribution is -0.132. The lowest BCUT2D eigenvalue weighted by atomic mass is 10.1. The second-order valence-corrected chi connectivity index (χ2v) is 5.36. The SMILES string of the molecule is CN(C(=O)[C@@H](N)CCCCN)C1Cc2ccccc2N1. The maximum Gasteiger partial charge on any atom is 0.240 e. The molecule has 0 fully saturated rings. The Balaban J connectivity index is 1.89. The Labute approximate surface area is 120 Å². The van der Waals surface area contributed by atoms with Gasteiger partial charge in [-0.1, -0.05) is 24.6 Å². The summed E-state index contributed by atoms with van der Waals surface area (Å²) in [7, 11) is 1.81. The summed E-state index contributed by atoms with van der Waals surface area (Å²) >= 11 is 0. The molecule has 0 saturated heterocycles. The minimum absolute atomic E-state index is 0.000425. The van der Waals surface area contributed by atoms with E-state index in [2.05, 4.69) is 11.4 Å². The first-order valence-electron chi connectivity index (χ1n) is 7.20. The summed E-state index contributed by atoms with van der Waals surface area (Å²) in [5.74, 6) is -0.00710. The third-order valence-electron chi connectivity index (χ3n) is 3.85. The highest BCUT2D eigenvalue weighted by molar-refractivity contribution is 5.82. The number of carbonyl (C=O) groups excluding carboxylic acids is 1. The molecule has 1 aromatic rings. The molecule has 0 aromatic heterocycles. The number of unbranched alkanes of at least 4 members (excludes halogenated alkanes) is 1. The summed E-state index contributed by atoms with van der Waals surface area (Å²) in [6.07, 6.45) is 3.34. The highest BCUT2D eigenvalue weighted by atomic mass is 16.2. The third kappa shape index (κ3) is 3.29. The van der Waals surface area contributed by atoms with Crippen LogP contribution in [0.15, 0.2) is 24.3 Å². The molecule has 1 aromatic carbocycles. The Kier molecular flexibility index (Phi) is 4.98. The monoisotopic (exact) mass is 276 g/mol. The van der Waals surface area contributed by atoms with Gasteiger partial charge in [0, 0.05) is 19.2 Å². The second-order valence-electron chi connectivity index (χ2n) is 5.36. The lowest BCUT2D eigenvalue weighted by Crippen LogP contribution is -2.48. The van der Waals surface area contributed by atoms with Crippen molar-refractivity contribution in [2.24, 2.45) is 11.5 Å². The summed E-state index contributed by atoms with van der Waals surface area (Å²) in [6.45, 7) is 0.649. The highest BCUT2D eigenvalue weighted by Crippen LogP contribution is 2.26. The highest BCUT2D eigenvalue weighted by Gasteiger charge is 2.28. The molecule has 0 radical (unpaired) electrons. The van der Waals surface area contributed by atoms with Gasteiger partial charge in [-0.15, -0.1) is 0 Å². The molecular formula is C15H24N4O. The second kappa shape index (κ2) is 6.72. The number of fused-ring (bicyclic) bond motifs is 1. The fraction of sp³-hybridized carbons (Fsp3) is 0.533. The molecule has 1 amide bonds. The molecule has 110 valence electrons. The van der Waals surface area contributed by atoms with Crippen molar-refractivity contribution >= 4 is 11.6 Å². The normalized spacial score (nSPS) is 18.2. The molecule has 2 atom stereocenters. The van der Waals surface area contributed by atoms with E-state index in [9.17, 15) is 4.79 Å². The molecule has 0 bridgehead atoms. The number of anilines is 1. The van der Waals surface area contributed by atoms with Crippen LogP contribution in [0.25, 0.3) is 0 Å². The number of para-hydroxylation sites is 1. The molecule has 0 aliphatic carbocycles. The van der Waals surface area contributed by atoms with Gasteiger partial charge in [-0.25, -0.2) is 0 Å². The summed E-state index contributed by atoms with van der Waals surface area (Å²) in [4.78, 5) is 14.0. The van der Waals surface area contributed by atoms with Crippen LogP contribution >= 0.6 is 0 Å². The van der Waals surface area contributed by atoms with Gasteiger partial charge in [-0.05, 0) is 31.0 Å². The summed E-state index contributed by atoms with van der Waals surface area (Å²) in [6, 6.07) is 7.70. The van der Waals surface area contributed by atoms with Gasteiger partial charge in [-0.3, -0.25) is 4.79 Å². The number of nitrogens with two attached hydrogens (primary N) is 2. The van der Waals surface area contributed by atoms with Gasteiger partial charge in [0.2, 0.25) is 5.91 Å². The van der Waals surface area contributed by atoms with E-state index in [-0.39, 0.29) is 12.1 Å². The number of hydrogen-bond acceptors (Lipinski definition) is 4. The van der Waals surface area contributed by atoms with E-state index < -0.39 is 6.04 Å². The Bertz CT molecular complexity index is 438. The van der Waals surface area contributed by atoms with Crippen LogP contribution in [-0.2, 0) is 11.2 Å². The van der Waals surface area contributed by atoms with Crippen molar-refractivity contribution in [3.05, 3.63) is 29.8 Å². The Morgan fingerprint density at radius 1 is 1.45 bits per heavy atom. The van der Waals surface area contributed by atoms with E-state index in [0.29, 0.717) is 13.0 Å². The van der Waals surface area contributed by atoms with Crippen LogP contribution in [0.2, 0.25) is 0 Å². The number of amides is 1. The van der Waals surface area contributed by atoms with Crippen molar-refractivity contribution in [2.75, 3.05) is 18.9 Å². The third-order valence-corrected chi connectivity index (χ3v) is 3.85. The zero-order valence-electron chi connectivity index (χ0n) is 12.0. The first-order valence-corrected chi connectivity index (χ1v) is 7.20. The van der Waals surface area contributed by atoms with Gasteiger partial charge < -0.3 is 21.7 Å². The minimum Gasteiger partial charge on any atom is -0.365 e. The van der Waals surface area contributed by atoms with Crippen LogP contribution in [-0.4, -0.2) is 36.6 Å². The molecule has 5 nitrogen and oxygen atoms in total. The van der Waals surface area contributed by atoms with Crippen LogP contribution < -0.4 is 16.8 Å². The standard InChI is InChI=1S/C15H24N4O/c1-19(15(20)12(17)7-4-5-9-16)14-10-11-6-2-3-8-13(11)18-14/h2-3,6,8,12,14,18H,4-5,7,9-10,16-17H2,1H3/t12-,14?/m0/s1. The van der Waals surface area contributed by atoms with E-state index in [4.69, 9.17) is 11.5 Å². The Hall–Kier alpha value is -1.59. The zero-order chi connectivity index (χ0) is 14.5. The molecule has 1 unspecified atom stereocenters. The van der Waals surface area contributed by atoms with Gasteiger partial charge in [0.15, 0.2) is 0 Å². The van der Waals surface area contributed by atoms with Crippen molar-refractivity contribution < 1.29 is 4.79 Å². The number of hydrogen-bond donors (Lipinski definition) is 3. The average Bonchev–Trinajstić information content (AvgIpc) is 2.89. The van der Waals surface area contributed by atoms with Crippen LogP contribution in [0, 0.1) is 0 Å². The number of nitrogens with zero attached hydrogens (tertiary/aromatic N) is 1. The predicted molar refractivity (Wildman–Crippen MR) is 81.2 cm³/mol. The average molecular weight is 276 g/mol. The van der Waals surface area contributed by atoms with Crippen molar-refractivity contribution in [3.8, 4) is 0 Å². The van der Waals surface area contributed by atoms with Crippen molar-refractivity contribution in [3.63, 3.8) is 0 Å². The molecule has 0 saturated carbocycles. The fourth-order valence-corrected chi connectivity index (χ4v) is 2.56. The Morgan fingerprint density at radius 2 is 2.20 bits per heavy atom. The van der Waals surface area contributed by atoms with Gasteiger partial charge in [-0.2, -0.15) is 0 Å². The molecule has 5 heteroatoms. The molecule has 1 aliphatic heterocycles. The molecular weight excluding hydrogens is 252 g/mol. The predicted octanol–water partition coefficient (Wildman–Crippen LogP) is 0.895. The van der Waals surface area contributed by atoms with Gasteiger partial charge in [0.25, 0.3) is 0 Å². The fourth-order valence-electron chi connectivity index (χ4n) is 2.56. The molecule has 1 heterocycles.